The lowest BCUT2D eigenvalue weighted by molar-refractivity contribution is -0.121. The molecule has 2 amide bonds. The normalized spacial score (nSPS) is 18.1. The first-order valence-corrected chi connectivity index (χ1v) is 9.90. The second-order valence-electron chi connectivity index (χ2n) is 6.92. The van der Waals surface area contributed by atoms with Crippen molar-refractivity contribution in [2.24, 2.45) is 0 Å². The molecule has 0 spiro atoms. The fourth-order valence-electron chi connectivity index (χ4n) is 3.75. The molecule has 0 bridgehead atoms. The number of benzene rings is 1. The summed E-state index contributed by atoms with van der Waals surface area (Å²) < 4.78 is 0. The first-order valence-electron chi connectivity index (χ1n) is 9.02. The zero-order valence-corrected chi connectivity index (χ0v) is 17.8. The molecule has 3 N–H and O–H groups in total. The molecule has 1 aromatic carbocycles. The van der Waals surface area contributed by atoms with Gasteiger partial charge < -0.3 is 11.1 Å². The highest BCUT2D eigenvalue weighted by Crippen LogP contribution is 2.31. The van der Waals surface area contributed by atoms with Gasteiger partial charge in [-0.3, -0.25) is 14.5 Å². The summed E-state index contributed by atoms with van der Waals surface area (Å²) in [5, 5.41) is 5.71. The quantitative estimate of drug-likeness (QED) is 0.709. The maximum absolute atomic E-state index is 12.5. The van der Waals surface area contributed by atoms with Gasteiger partial charge >= 0.3 is 0 Å². The summed E-state index contributed by atoms with van der Waals surface area (Å²) in [6, 6.07) is 5.95. The lowest BCUT2D eigenvalue weighted by atomic mass is 9.87. The van der Waals surface area contributed by atoms with E-state index in [9.17, 15) is 9.59 Å². The summed E-state index contributed by atoms with van der Waals surface area (Å²) >= 11 is 1.43. The molecule has 1 unspecified atom stereocenters. The molecule has 1 atom stereocenters. The van der Waals surface area contributed by atoms with Crippen LogP contribution in [0.4, 0.5) is 10.8 Å². The topological polar surface area (TPSA) is 88.3 Å². The van der Waals surface area contributed by atoms with Crippen LogP contribution in [-0.2, 0) is 22.4 Å². The van der Waals surface area contributed by atoms with Gasteiger partial charge in [-0.15, -0.1) is 36.2 Å². The third kappa shape index (κ3) is 4.77. The van der Waals surface area contributed by atoms with Gasteiger partial charge in [0.2, 0.25) is 11.8 Å². The molecule has 1 fully saturated rings. The molecule has 9 heteroatoms. The van der Waals surface area contributed by atoms with Gasteiger partial charge in [0.15, 0.2) is 5.13 Å². The molecule has 2 heterocycles. The number of hydrogen-bond acceptors (Lipinski definition) is 5. The zero-order valence-electron chi connectivity index (χ0n) is 15.3. The minimum absolute atomic E-state index is 0. The van der Waals surface area contributed by atoms with Gasteiger partial charge in [0, 0.05) is 24.0 Å². The number of rotatable bonds is 4. The fourth-order valence-corrected chi connectivity index (χ4v) is 4.61. The minimum atomic E-state index is -0.0377. The molecule has 2 aliphatic rings. The van der Waals surface area contributed by atoms with E-state index in [1.807, 2.05) is 23.6 Å². The first kappa shape index (κ1) is 22.5. The first-order chi connectivity index (χ1) is 12.6. The van der Waals surface area contributed by atoms with Crippen molar-refractivity contribution in [3.8, 4) is 0 Å². The highest BCUT2D eigenvalue weighted by molar-refractivity contribution is 7.14. The summed E-state index contributed by atoms with van der Waals surface area (Å²) in [6.45, 7) is 0.722. The Balaban J connectivity index is 0.00000140. The van der Waals surface area contributed by atoms with E-state index >= 15 is 0 Å². The molecule has 1 saturated heterocycles. The molecule has 1 aliphatic heterocycles. The Labute approximate surface area is 180 Å². The Bertz CT molecular complexity index is 858. The number of carbonyl (C=O) groups is 2. The number of hydrogen-bond donors (Lipinski definition) is 2. The van der Waals surface area contributed by atoms with E-state index in [2.05, 4.69) is 10.3 Å². The van der Waals surface area contributed by atoms with Crippen LogP contribution >= 0.6 is 36.2 Å². The molecule has 4 rings (SSSR count). The maximum Gasteiger partial charge on any atom is 0.228 e. The lowest BCUT2D eigenvalue weighted by Gasteiger charge is -2.26. The van der Waals surface area contributed by atoms with Gasteiger partial charge in [0.1, 0.15) is 0 Å². The van der Waals surface area contributed by atoms with E-state index in [1.54, 1.807) is 4.90 Å². The predicted octanol–water partition coefficient (Wildman–Crippen LogP) is 3.43. The second-order valence-corrected chi connectivity index (χ2v) is 7.75. The summed E-state index contributed by atoms with van der Waals surface area (Å²) in [5.74, 6) is 0.0812. The van der Waals surface area contributed by atoms with E-state index in [0.717, 1.165) is 43.6 Å². The van der Waals surface area contributed by atoms with Gasteiger partial charge in [-0.05, 0) is 48.9 Å². The summed E-state index contributed by atoms with van der Waals surface area (Å²) in [6.07, 6.45) is 4.68. The SMILES string of the molecule is Cl.Cl.Nc1ccc2c(c1)CCCC2NC(=O)Cc1csc(N2CCCC2=O)n1. The number of halogens is 2. The molecule has 6 nitrogen and oxygen atoms in total. The minimum Gasteiger partial charge on any atom is -0.399 e. The van der Waals surface area contributed by atoms with Gasteiger partial charge in [-0.2, -0.15) is 0 Å². The summed E-state index contributed by atoms with van der Waals surface area (Å²) in [7, 11) is 0. The number of nitrogens with two attached hydrogens (primary N) is 1. The Kier molecular flexibility index (Phi) is 7.69. The summed E-state index contributed by atoms with van der Waals surface area (Å²) in [4.78, 5) is 30.5. The monoisotopic (exact) mass is 442 g/mol. The summed E-state index contributed by atoms with van der Waals surface area (Å²) in [5.41, 5.74) is 9.75. The number of thiazole rings is 1. The van der Waals surface area contributed by atoms with E-state index < -0.39 is 0 Å². The van der Waals surface area contributed by atoms with Crippen LogP contribution in [0.2, 0.25) is 0 Å². The number of nitrogens with one attached hydrogen (secondary N) is 1. The number of anilines is 2. The van der Waals surface area contributed by atoms with Crippen LogP contribution in [0.5, 0.6) is 0 Å². The number of nitrogen functional groups attached to an aromatic ring is 1. The van der Waals surface area contributed by atoms with Crippen molar-refractivity contribution in [3.05, 3.63) is 40.4 Å². The molecular weight excluding hydrogens is 419 g/mol. The van der Waals surface area contributed by atoms with Crippen LogP contribution in [0, 0.1) is 0 Å². The molecule has 0 radical (unpaired) electrons. The molecule has 0 saturated carbocycles. The van der Waals surface area contributed by atoms with Crippen LogP contribution in [0.25, 0.3) is 0 Å². The Morgan fingerprint density at radius 2 is 2.11 bits per heavy atom. The third-order valence-corrected chi connectivity index (χ3v) is 5.91. The number of carbonyl (C=O) groups excluding carboxylic acids is 2. The average Bonchev–Trinajstić information content (AvgIpc) is 3.23. The van der Waals surface area contributed by atoms with Crippen molar-refractivity contribution in [1.82, 2.24) is 10.3 Å². The standard InChI is InChI=1S/C19H22N4O2S.2ClH/c20-13-6-7-15-12(9-13)3-1-4-16(15)22-17(24)10-14-11-26-19(21-14)23-8-2-5-18(23)25;;/h6-7,9,11,16H,1-5,8,10,20H2,(H,22,24);2*1H. The number of fused-ring (bicyclic) bond motifs is 1. The highest BCUT2D eigenvalue weighted by Gasteiger charge is 2.25. The second kappa shape index (κ2) is 9.58. The fraction of sp³-hybridized carbons (Fsp3) is 0.421. The van der Waals surface area contributed by atoms with Crippen molar-refractivity contribution < 1.29 is 9.59 Å². The van der Waals surface area contributed by atoms with Crippen LogP contribution in [-0.4, -0.2) is 23.3 Å². The molecule has 2 aromatic rings. The van der Waals surface area contributed by atoms with Gasteiger partial charge in [-0.25, -0.2) is 4.98 Å². The Hall–Kier alpha value is -1.83. The van der Waals surface area contributed by atoms with Crippen molar-refractivity contribution in [1.29, 1.82) is 0 Å². The van der Waals surface area contributed by atoms with Crippen molar-refractivity contribution in [2.75, 3.05) is 17.2 Å². The largest absolute Gasteiger partial charge is 0.399 e. The van der Waals surface area contributed by atoms with E-state index in [4.69, 9.17) is 5.73 Å². The van der Waals surface area contributed by atoms with E-state index in [-0.39, 0.29) is 49.1 Å². The molecule has 152 valence electrons. The van der Waals surface area contributed by atoms with Crippen molar-refractivity contribution >= 4 is 58.8 Å². The zero-order chi connectivity index (χ0) is 18.1. The third-order valence-electron chi connectivity index (χ3n) is 5.00. The van der Waals surface area contributed by atoms with Crippen molar-refractivity contribution in [2.45, 2.75) is 44.6 Å². The molecule has 1 aliphatic carbocycles. The Morgan fingerprint density at radius 1 is 1.29 bits per heavy atom. The number of aryl methyl sites for hydroxylation is 1. The van der Waals surface area contributed by atoms with E-state index in [1.165, 1.54) is 22.5 Å². The van der Waals surface area contributed by atoms with Gasteiger partial charge in [0.05, 0.1) is 18.2 Å². The van der Waals surface area contributed by atoms with Crippen LogP contribution in [0.3, 0.4) is 0 Å². The lowest BCUT2D eigenvalue weighted by Crippen LogP contribution is -2.32. The number of amides is 2. The van der Waals surface area contributed by atoms with Gasteiger partial charge in [-0.1, -0.05) is 6.07 Å². The smallest absolute Gasteiger partial charge is 0.228 e. The van der Waals surface area contributed by atoms with Crippen LogP contribution in [0.15, 0.2) is 23.6 Å². The van der Waals surface area contributed by atoms with Crippen molar-refractivity contribution in [3.63, 3.8) is 0 Å². The molecule has 28 heavy (non-hydrogen) atoms. The van der Waals surface area contributed by atoms with Gasteiger partial charge in [0.25, 0.3) is 0 Å². The average molecular weight is 443 g/mol. The number of nitrogens with zero attached hydrogens (tertiary/aromatic N) is 2. The highest BCUT2D eigenvalue weighted by atomic mass is 35.5. The Morgan fingerprint density at radius 3 is 2.86 bits per heavy atom. The number of aromatic nitrogens is 1. The molecule has 1 aromatic heterocycles. The van der Waals surface area contributed by atoms with Crippen LogP contribution < -0.4 is 16.0 Å². The predicted molar refractivity (Wildman–Crippen MR) is 117 cm³/mol. The van der Waals surface area contributed by atoms with E-state index in [0.29, 0.717) is 11.6 Å². The maximum atomic E-state index is 12.5. The molecular formula is C19H24Cl2N4O2S. The van der Waals surface area contributed by atoms with Crippen LogP contribution in [0.1, 0.15) is 48.5 Å².